The fraction of sp³-hybridized carbons (Fsp3) is 1.00. The predicted octanol–water partition coefficient (Wildman–Crippen LogP) is 3.47. The average molecular weight is 216 g/mol. The zero-order valence-corrected chi connectivity index (χ0v) is 11.0. The molecule has 2 nitrogen and oxygen atoms in total. The topological polar surface area (TPSA) is 18.5 Å². The molecule has 0 saturated heterocycles. The molecule has 1 atom stereocenters. The van der Waals surface area contributed by atoms with E-state index in [0.717, 1.165) is 18.8 Å². The van der Waals surface area contributed by atoms with E-state index in [2.05, 4.69) is 27.7 Å². The zero-order chi connectivity index (χ0) is 10.6. The molecule has 1 saturated carbocycles. The van der Waals surface area contributed by atoms with Gasteiger partial charge in [-0.1, -0.05) is 20.3 Å². The van der Waals surface area contributed by atoms with E-state index in [9.17, 15) is 0 Å². The van der Waals surface area contributed by atoms with E-state index in [1.54, 1.807) is 0 Å². The van der Waals surface area contributed by atoms with Crippen LogP contribution < -0.4 is 0 Å². The molecule has 1 fully saturated rings. The molecule has 1 aliphatic carbocycles. The molecule has 0 heterocycles. The molecule has 1 unspecified atom stereocenters. The van der Waals surface area contributed by atoms with Crippen LogP contribution in [0.2, 0.25) is 11.1 Å². The predicted molar refractivity (Wildman–Crippen MR) is 61.7 cm³/mol. The first kappa shape index (κ1) is 12.2. The minimum absolute atomic E-state index is 0.634. The summed E-state index contributed by atoms with van der Waals surface area (Å²) in [7, 11) is -1.87. The molecular weight excluding hydrogens is 192 g/mol. The lowest BCUT2D eigenvalue weighted by atomic mass is 10.4. The number of hydrogen-bond donors (Lipinski definition) is 0. The summed E-state index contributed by atoms with van der Waals surface area (Å²) in [5, 5.41) is 0. The highest BCUT2D eigenvalue weighted by molar-refractivity contribution is 6.71. The lowest BCUT2D eigenvalue weighted by molar-refractivity contribution is 0.170. The van der Waals surface area contributed by atoms with Gasteiger partial charge in [-0.25, -0.2) is 0 Å². The van der Waals surface area contributed by atoms with Crippen molar-refractivity contribution in [3.05, 3.63) is 0 Å². The SMILES string of the molecule is CCO[Si](OCC)(C(C)CC)C1CC1. The highest BCUT2D eigenvalue weighted by Crippen LogP contribution is 2.51. The number of rotatable bonds is 7. The van der Waals surface area contributed by atoms with Gasteiger partial charge < -0.3 is 8.85 Å². The van der Waals surface area contributed by atoms with Crippen molar-refractivity contribution in [2.45, 2.75) is 58.0 Å². The Labute approximate surface area is 89.2 Å². The maximum Gasteiger partial charge on any atom is 0.344 e. The number of hydrogen-bond acceptors (Lipinski definition) is 2. The Morgan fingerprint density at radius 1 is 1.14 bits per heavy atom. The second kappa shape index (κ2) is 5.28. The van der Waals surface area contributed by atoms with Crippen LogP contribution >= 0.6 is 0 Å². The summed E-state index contributed by atoms with van der Waals surface area (Å²) < 4.78 is 12.1. The highest BCUT2D eigenvalue weighted by Gasteiger charge is 2.54. The van der Waals surface area contributed by atoms with E-state index in [1.165, 1.54) is 19.3 Å². The minimum atomic E-state index is -1.87. The molecule has 0 aromatic heterocycles. The standard InChI is InChI=1S/C11H24O2Si/c1-5-10(4)14(12-6-2,13-7-3)11-8-9-11/h10-11H,5-9H2,1-4H3. The Balaban J connectivity index is 2.71. The summed E-state index contributed by atoms with van der Waals surface area (Å²) in [5.41, 5.74) is 1.41. The lowest BCUT2D eigenvalue weighted by Gasteiger charge is -2.35. The van der Waals surface area contributed by atoms with Gasteiger partial charge in [0.1, 0.15) is 0 Å². The van der Waals surface area contributed by atoms with Crippen molar-refractivity contribution in [2.75, 3.05) is 13.2 Å². The molecule has 0 aromatic carbocycles. The van der Waals surface area contributed by atoms with Gasteiger partial charge in [-0.15, -0.1) is 0 Å². The van der Waals surface area contributed by atoms with E-state index in [1.807, 2.05) is 0 Å². The van der Waals surface area contributed by atoms with Crippen molar-refractivity contribution < 1.29 is 8.85 Å². The van der Waals surface area contributed by atoms with Gasteiger partial charge in [-0.2, -0.15) is 0 Å². The zero-order valence-electron chi connectivity index (χ0n) is 10.0. The van der Waals surface area contributed by atoms with Gasteiger partial charge in [0.2, 0.25) is 0 Å². The van der Waals surface area contributed by atoms with Gasteiger partial charge in [-0.05, 0) is 32.2 Å². The summed E-state index contributed by atoms with van der Waals surface area (Å²) in [5.74, 6) is 0. The Morgan fingerprint density at radius 3 is 1.93 bits per heavy atom. The van der Waals surface area contributed by atoms with Crippen LogP contribution in [0, 0.1) is 0 Å². The van der Waals surface area contributed by atoms with E-state index < -0.39 is 8.56 Å². The van der Waals surface area contributed by atoms with Crippen LogP contribution in [0.1, 0.15) is 47.0 Å². The van der Waals surface area contributed by atoms with Crippen molar-refractivity contribution in [1.82, 2.24) is 0 Å². The molecule has 84 valence electrons. The quantitative estimate of drug-likeness (QED) is 0.607. The molecule has 0 radical (unpaired) electrons. The van der Waals surface area contributed by atoms with Crippen LogP contribution in [0.25, 0.3) is 0 Å². The van der Waals surface area contributed by atoms with Crippen LogP contribution in [0.15, 0.2) is 0 Å². The Bertz CT molecular complexity index is 163. The van der Waals surface area contributed by atoms with E-state index in [0.29, 0.717) is 5.54 Å². The maximum atomic E-state index is 6.06. The monoisotopic (exact) mass is 216 g/mol. The van der Waals surface area contributed by atoms with Crippen molar-refractivity contribution >= 4 is 8.56 Å². The first-order chi connectivity index (χ1) is 6.71. The first-order valence-corrected chi connectivity index (χ1v) is 7.96. The van der Waals surface area contributed by atoms with Gasteiger partial charge in [0.25, 0.3) is 0 Å². The highest BCUT2D eigenvalue weighted by atomic mass is 28.4. The van der Waals surface area contributed by atoms with Crippen LogP contribution in [-0.2, 0) is 8.85 Å². The second-order valence-electron chi connectivity index (χ2n) is 4.17. The fourth-order valence-electron chi connectivity index (χ4n) is 2.19. The van der Waals surface area contributed by atoms with Gasteiger partial charge in [0, 0.05) is 18.8 Å². The van der Waals surface area contributed by atoms with Crippen molar-refractivity contribution in [3.8, 4) is 0 Å². The molecule has 1 rings (SSSR count). The normalized spacial score (nSPS) is 19.7. The average Bonchev–Trinajstić information content (AvgIpc) is 2.99. The second-order valence-corrected chi connectivity index (χ2v) is 7.99. The summed E-state index contributed by atoms with van der Waals surface area (Å²) in [6.07, 6.45) is 3.84. The van der Waals surface area contributed by atoms with E-state index in [4.69, 9.17) is 8.85 Å². The van der Waals surface area contributed by atoms with Gasteiger partial charge >= 0.3 is 8.56 Å². The van der Waals surface area contributed by atoms with Crippen LogP contribution in [0.3, 0.4) is 0 Å². The third kappa shape index (κ3) is 2.38. The van der Waals surface area contributed by atoms with Crippen molar-refractivity contribution in [3.63, 3.8) is 0 Å². The molecular formula is C11H24O2Si. The van der Waals surface area contributed by atoms with Gasteiger partial charge in [0.15, 0.2) is 0 Å². The fourth-order valence-corrected chi connectivity index (χ4v) is 6.56. The third-order valence-corrected chi connectivity index (χ3v) is 8.16. The maximum absolute atomic E-state index is 6.06. The molecule has 0 N–H and O–H groups in total. The van der Waals surface area contributed by atoms with E-state index >= 15 is 0 Å². The van der Waals surface area contributed by atoms with Crippen LogP contribution in [0.4, 0.5) is 0 Å². The van der Waals surface area contributed by atoms with Crippen molar-refractivity contribution in [2.24, 2.45) is 0 Å². The Hall–Kier alpha value is 0.137. The smallest absolute Gasteiger partial charge is 0.344 e. The van der Waals surface area contributed by atoms with E-state index in [-0.39, 0.29) is 0 Å². The van der Waals surface area contributed by atoms with Gasteiger partial charge in [0.05, 0.1) is 0 Å². The molecule has 0 aromatic rings. The Kier molecular flexibility index (Phi) is 4.61. The lowest BCUT2D eigenvalue weighted by Crippen LogP contribution is -2.46. The van der Waals surface area contributed by atoms with Crippen LogP contribution in [0.5, 0.6) is 0 Å². The summed E-state index contributed by atoms with van der Waals surface area (Å²) in [6, 6.07) is 0. The van der Waals surface area contributed by atoms with Crippen molar-refractivity contribution in [1.29, 1.82) is 0 Å². The third-order valence-electron chi connectivity index (χ3n) is 3.19. The molecule has 0 aliphatic heterocycles. The molecule has 0 amide bonds. The molecule has 0 bridgehead atoms. The summed E-state index contributed by atoms with van der Waals surface area (Å²) >= 11 is 0. The summed E-state index contributed by atoms with van der Waals surface area (Å²) in [4.78, 5) is 0. The van der Waals surface area contributed by atoms with Crippen LogP contribution in [-0.4, -0.2) is 21.8 Å². The molecule has 14 heavy (non-hydrogen) atoms. The van der Waals surface area contributed by atoms with Gasteiger partial charge in [-0.3, -0.25) is 0 Å². The molecule has 1 aliphatic rings. The molecule has 0 spiro atoms. The first-order valence-electron chi connectivity index (χ1n) is 5.99. The summed E-state index contributed by atoms with van der Waals surface area (Å²) in [6.45, 7) is 10.3. The molecule has 3 heteroatoms. The Morgan fingerprint density at radius 2 is 1.64 bits per heavy atom. The largest absolute Gasteiger partial charge is 0.394 e. The minimum Gasteiger partial charge on any atom is -0.394 e.